The predicted molar refractivity (Wildman–Crippen MR) is 143 cm³/mol. The number of carbonyl (C=O) groups excluding carboxylic acids is 3. The standard InChI is InChI=1S/C29H24N4O7/c34-26-16-24(31(17-22-4-3-15-39-22)28(35)19-9-13-21(14-10-19)33(37)38)29(36)32(26)20-11-7-18(8-12-20)27-30-23-5-1-2-6-25(23)40-27/h1-2,5-14,22,24H,3-4,15-17H2. The number of rotatable bonds is 7. The van der Waals surface area contributed by atoms with Crippen molar-refractivity contribution in [2.75, 3.05) is 18.1 Å². The fourth-order valence-electron chi connectivity index (χ4n) is 5.13. The second-order valence-corrected chi connectivity index (χ2v) is 9.72. The predicted octanol–water partition coefficient (Wildman–Crippen LogP) is 4.36. The molecule has 2 aliphatic rings. The van der Waals surface area contributed by atoms with E-state index in [1.807, 2.05) is 24.3 Å². The first-order chi connectivity index (χ1) is 19.4. The molecule has 2 saturated heterocycles. The van der Waals surface area contributed by atoms with Crippen LogP contribution in [0, 0.1) is 10.1 Å². The summed E-state index contributed by atoms with van der Waals surface area (Å²) in [5.74, 6) is -1.03. The summed E-state index contributed by atoms with van der Waals surface area (Å²) in [6, 6.07) is 18.3. The van der Waals surface area contributed by atoms with Crippen LogP contribution in [0.2, 0.25) is 0 Å². The van der Waals surface area contributed by atoms with E-state index in [0.29, 0.717) is 29.3 Å². The molecule has 0 N–H and O–H groups in total. The van der Waals surface area contributed by atoms with Crippen molar-refractivity contribution in [3.63, 3.8) is 0 Å². The van der Waals surface area contributed by atoms with Crippen molar-refractivity contribution >= 4 is 40.2 Å². The van der Waals surface area contributed by atoms with Gasteiger partial charge in [0.2, 0.25) is 11.8 Å². The molecule has 0 aliphatic carbocycles. The Labute approximate surface area is 228 Å². The maximum atomic E-state index is 13.6. The maximum Gasteiger partial charge on any atom is 0.269 e. The van der Waals surface area contributed by atoms with Crippen molar-refractivity contribution in [1.82, 2.24) is 9.88 Å². The second-order valence-electron chi connectivity index (χ2n) is 9.72. The Morgan fingerprint density at radius 2 is 1.80 bits per heavy atom. The SMILES string of the molecule is O=C1CC(N(CC2CCCO2)C(=O)c2ccc([N+](=O)[O-])cc2)C(=O)N1c1ccc(-c2nc3ccccc3o2)cc1. The summed E-state index contributed by atoms with van der Waals surface area (Å²) in [5.41, 5.74) is 2.46. The molecule has 0 radical (unpaired) electrons. The number of hydrogen-bond donors (Lipinski definition) is 0. The minimum atomic E-state index is -1.03. The van der Waals surface area contributed by atoms with Crippen LogP contribution in [-0.4, -0.2) is 57.8 Å². The van der Waals surface area contributed by atoms with Crippen LogP contribution in [-0.2, 0) is 14.3 Å². The number of para-hydroxylation sites is 2. The van der Waals surface area contributed by atoms with Crippen LogP contribution in [0.5, 0.6) is 0 Å². The van der Waals surface area contributed by atoms with E-state index in [1.54, 1.807) is 24.3 Å². The number of anilines is 1. The topological polar surface area (TPSA) is 136 Å². The van der Waals surface area contributed by atoms with Crippen LogP contribution >= 0.6 is 0 Å². The van der Waals surface area contributed by atoms with Gasteiger partial charge in [-0.2, -0.15) is 0 Å². The third-order valence-corrected chi connectivity index (χ3v) is 7.18. The summed E-state index contributed by atoms with van der Waals surface area (Å²) in [4.78, 5) is 57.8. The Hall–Kier alpha value is -4.90. The number of oxazole rings is 1. The number of fused-ring (bicyclic) bond motifs is 1. The molecule has 0 spiro atoms. The Bertz CT molecular complexity index is 1570. The molecule has 3 aromatic carbocycles. The van der Waals surface area contributed by atoms with E-state index in [-0.39, 0.29) is 30.3 Å². The summed E-state index contributed by atoms with van der Waals surface area (Å²) in [6.07, 6.45) is 1.10. The first-order valence-corrected chi connectivity index (χ1v) is 12.9. The van der Waals surface area contributed by atoms with Crippen LogP contribution in [0.4, 0.5) is 11.4 Å². The van der Waals surface area contributed by atoms with Gasteiger partial charge in [-0.25, -0.2) is 9.88 Å². The van der Waals surface area contributed by atoms with Gasteiger partial charge in [-0.3, -0.25) is 24.5 Å². The summed E-state index contributed by atoms with van der Waals surface area (Å²) >= 11 is 0. The average Bonchev–Trinajstić information content (AvgIpc) is 3.71. The van der Waals surface area contributed by atoms with Crippen molar-refractivity contribution in [3.05, 3.63) is 88.5 Å². The van der Waals surface area contributed by atoms with E-state index in [4.69, 9.17) is 9.15 Å². The van der Waals surface area contributed by atoms with Gasteiger partial charge in [-0.15, -0.1) is 0 Å². The molecule has 202 valence electrons. The number of hydrogen-bond acceptors (Lipinski definition) is 8. The molecule has 11 nitrogen and oxygen atoms in total. The van der Waals surface area contributed by atoms with Crippen molar-refractivity contribution in [2.24, 2.45) is 0 Å². The zero-order valence-corrected chi connectivity index (χ0v) is 21.3. The Morgan fingerprint density at radius 1 is 1.05 bits per heavy atom. The van der Waals surface area contributed by atoms with Gasteiger partial charge in [-0.1, -0.05) is 12.1 Å². The highest BCUT2D eigenvalue weighted by atomic mass is 16.6. The highest BCUT2D eigenvalue weighted by Crippen LogP contribution is 2.31. The van der Waals surface area contributed by atoms with Gasteiger partial charge in [0.05, 0.1) is 23.1 Å². The molecule has 4 aromatic rings. The van der Waals surface area contributed by atoms with Crippen LogP contribution in [0.3, 0.4) is 0 Å². The van der Waals surface area contributed by atoms with Crippen molar-refractivity contribution in [3.8, 4) is 11.5 Å². The molecule has 2 fully saturated rings. The van der Waals surface area contributed by atoms with Crippen LogP contribution in [0.25, 0.3) is 22.6 Å². The third-order valence-electron chi connectivity index (χ3n) is 7.18. The van der Waals surface area contributed by atoms with Gasteiger partial charge in [-0.05, 0) is 61.4 Å². The fraction of sp³-hybridized carbons (Fsp3) is 0.241. The lowest BCUT2D eigenvalue weighted by atomic mass is 10.1. The molecule has 2 aliphatic heterocycles. The second kappa shape index (κ2) is 10.3. The van der Waals surface area contributed by atoms with E-state index in [9.17, 15) is 24.5 Å². The number of carbonyl (C=O) groups is 3. The smallest absolute Gasteiger partial charge is 0.269 e. The molecule has 11 heteroatoms. The molecule has 3 heterocycles. The third kappa shape index (κ3) is 4.71. The zero-order valence-electron chi connectivity index (χ0n) is 21.3. The van der Waals surface area contributed by atoms with Gasteiger partial charge in [0.25, 0.3) is 17.5 Å². The Balaban J connectivity index is 1.26. The molecular formula is C29H24N4O7. The summed E-state index contributed by atoms with van der Waals surface area (Å²) in [6.45, 7) is 0.685. The summed E-state index contributed by atoms with van der Waals surface area (Å²) in [7, 11) is 0. The Morgan fingerprint density at radius 3 is 2.48 bits per heavy atom. The fourth-order valence-corrected chi connectivity index (χ4v) is 5.13. The van der Waals surface area contributed by atoms with Crippen molar-refractivity contribution < 1.29 is 28.5 Å². The summed E-state index contributed by atoms with van der Waals surface area (Å²) < 4.78 is 11.5. The molecule has 0 bridgehead atoms. The quantitative estimate of drug-likeness (QED) is 0.192. The highest BCUT2D eigenvalue weighted by Gasteiger charge is 2.45. The van der Waals surface area contributed by atoms with Gasteiger partial charge in [0, 0.05) is 36.4 Å². The number of aromatic nitrogens is 1. The minimum absolute atomic E-state index is 0.129. The van der Waals surface area contributed by atoms with E-state index in [2.05, 4.69) is 4.98 Å². The first-order valence-electron chi connectivity index (χ1n) is 12.9. The number of amides is 3. The molecule has 6 rings (SSSR count). The lowest BCUT2D eigenvalue weighted by Crippen LogP contribution is -2.48. The van der Waals surface area contributed by atoms with E-state index >= 15 is 0 Å². The number of nitro benzene ring substituents is 1. The molecular weight excluding hydrogens is 516 g/mol. The van der Waals surface area contributed by atoms with Crippen LogP contribution < -0.4 is 4.90 Å². The van der Waals surface area contributed by atoms with E-state index < -0.39 is 28.7 Å². The number of imide groups is 1. The molecule has 3 amide bonds. The van der Waals surface area contributed by atoms with Gasteiger partial charge in [0.15, 0.2) is 5.58 Å². The number of nitro groups is 1. The van der Waals surface area contributed by atoms with Gasteiger partial charge < -0.3 is 14.1 Å². The number of benzene rings is 3. The zero-order chi connectivity index (χ0) is 27.8. The molecule has 2 atom stereocenters. The van der Waals surface area contributed by atoms with Crippen LogP contribution in [0.15, 0.2) is 77.2 Å². The number of non-ortho nitro benzene ring substituents is 1. The van der Waals surface area contributed by atoms with Gasteiger partial charge in [0.1, 0.15) is 11.6 Å². The lowest BCUT2D eigenvalue weighted by molar-refractivity contribution is -0.384. The molecule has 0 saturated carbocycles. The Kier molecular flexibility index (Phi) is 6.56. The average molecular weight is 541 g/mol. The van der Waals surface area contributed by atoms with Crippen molar-refractivity contribution in [2.45, 2.75) is 31.4 Å². The maximum absolute atomic E-state index is 13.6. The van der Waals surface area contributed by atoms with E-state index in [1.165, 1.54) is 29.2 Å². The number of nitrogens with zero attached hydrogens (tertiary/aromatic N) is 4. The van der Waals surface area contributed by atoms with Crippen LogP contribution in [0.1, 0.15) is 29.6 Å². The van der Waals surface area contributed by atoms with Crippen molar-refractivity contribution in [1.29, 1.82) is 0 Å². The summed E-state index contributed by atoms with van der Waals surface area (Å²) in [5, 5.41) is 11.0. The highest BCUT2D eigenvalue weighted by molar-refractivity contribution is 6.23. The molecule has 40 heavy (non-hydrogen) atoms. The lowest BCUT2D eigenvalue weighted by Gasteiger charge is -2.30. The minimum Gasteiger partial charge on any atom is -0.436 e. The van der Waals surface area contributed by atoms with Gasteiger partial charge >= 0.3 is 0 Å². The first kappa shape index (κ1) is 25.4. The largest absolute Gasteiger partial charge is 0.436 e. The normalized spacial score (nSPS) is 18.9. The van der Waals surface area contributed by atoms with E-state index in [0.717, 1.165) is 23.3 Å². The molecule has 2 unspecified atom stereocenters. The monoisotopic (exact) mass is 540 g/mol. The number of ether oxygens (including phenoxy) is 1. The molecule has 1 aromatic heterocycles.